The zero-order valence-corrected chi connectivity index (χ0v) is 17.5. The average molecular weight is 470 g/mol. The van der Waals surface area contributed by atoms with Crippen LogP contribution < -0.4 is 15.4 Å². The van der Waals surface area contributed by atoms with Crippen molar-refractivity contribution in [1.82, 2.24) is 10.6 Å². The minimum absolute atomic E-state index is 0. The number of hydrogen-bond acceptors (Lipinski definition) is 4. The summed E-state index contributed by atoms with van der Waals surface area (Å²) >= 11 is 0. The summed E-state index contributed by atoms with van der Waals surface area (Å²) in [5.41, 5.74) is 1.35. The Kier molecular flexibility index (Phi) is 11.8. The van der Waals surface area contributed by atoms with Crippen LogP contribution in [0.3, 0.4) is 0 Å². The molecule has 3 N–H and O–H groups in total. The molecule has 138 valence electrons. The van der Waals surface area contributed by atoms with Crippen molar-refractivity contribution in [3.05, 3.63) is 29.8 Å². The molecule has 0 aliphatic rings. The van der Waals surface area contributed by atoms with Gasteiger partial charge in [0.25, 0.3) is 0 Å². The van der Waals surface area contributed by atoms with Gasteiger partial charge in [-0.1, -0.05) is 18.2 Å². The average Bonchev–Trinajstić information content (AvgIpc) is 2.49. The van der Waals surface area contributed by atoms with Gasteiger partial charge in [0.05, 0.1) is 25.1 Å². The highest BCUT2D eigenvalue weighted by atomic mass is 127. The molecule has 0 unspecified atom stereocenters. The quantitative estimate of drug-likeness (QED) is 0.222. The zero-order valence-electron chi connectivity index (χ0n) is 14.3. The van der Waals surface area contributed by atoms with E-state index in [4.69, 9.17) is 4.74 Å². The highest BCUT2D eigenvalue weighted by Gasteiger charge is 2.07. The zero-order chi connectivity index (χ0) is 17.1. The molecule has 0 fully saturated rings. The Labute approximate surface area is 161 Å². The molecule has 0 aliphatic carbocycles. The van der Waals surface area contributed by atoms with Gasteiger partial charge in [-0.15, -0.1) is 24.0 Å². The van der Waals surface area contributed by atoms with Crippen molar-refractivity contribution in [3.63, 3.8) is 0 Å². The van der Waals surface area contributed by atoms with Crippen LogP contribution in [0.4, 0.5) is 5.69 Å². The summed E-state index contributed by atoms with van der Waals surface area (Å²) in [6.45, 7) is 6.98. The predicted octanol–water partition coefficient (Wildman–Crippen LogP) is 1.77. The monoisotopic (exact) mass is 470 g/mol. The van der Waals surface area contributed by atoms with E-state index in [1.165, 1.54) is 0 Å². The number of benzene rings is 1. The lowest BCUT2D eigenvalue weighted by atomic mass is 10.2. The van der Waals surface area contributed by atoms with Crippen LogP contribution in [-0.4, -0.2) is 46.9 Å². The van der Waals surface area contributed by atoms with E-state index in [0.29, 0.717) is 38.0 Å². The number of guanidine groups is 1. The third-order valence-electron chi connectivity index (χ3n) is 2.81. The molecule has 0 atom stereocenters. The third kappa shape index (κ3) is 9.93. The van der Waals surface area contributed by atoms with Crippen LogP contribution in [0.1, 0.15) is 19.4 Å². The molecule has 0 saturated heterocycles. The lowest BCUT2D eigenvalue weighted by molar-refractivity contribution is 0.152. The highest BCUT2D eigenvalue weighted by molar-refractivity contribution is 14.0. The maximum Gasteiger partial charge on any atom is 0.229 e. The number of sulfonamides is 1. The molecule has 1 aromatic rings. The predicted molar refractivity (Wildman–Crippen MR) is 110 cm³/mol. The highest BCUT2D eigenvalue weighted by Crippen LogP contribution is 2.17. The van der Waals surface area contributed by atoms with Crippen molar-refractivity contribution in [2.45, 2.75) is 20.4 Å². The number of halogens is 1. The van der Waals surface area contributed by atoms with E-state index in [-0.39, 0.29) is 24.0 Å². The molecule has 1 aromatic carbocycles. The molecule has 0 heterocycles. The lowest BCUT2D eigenvalue weighted by Crippen LogP contribution is -2.39. The van der Waals surface area contributed by atoms with Crippen LogP contribution in [0.15, 0.2) is 29.3 Å². The summed E-state index contributed by atoms with van der Waals surface area (Å²) in [5.74, 6) is 0.668. The Morgan fingerprint density at radius 2 is 1.92 bits per heavy atom. The van der Waals surface area contributed by atoms with Crippen molar-refractivity contribution < 1.29 is 13.2 Å². The smallest absolute Gasteiger partial charge is 0.229 e. The number of aliphatic imine (C=N–C) groups is 1. The molecule has 9 heteroatoms. The van der Waals surface area contributed by atoms with Gasteiger partial charge in [0.15, 0.2) is 5.96 Å². The number of anilines is 1. The van der Waals surface area contributed by atoms with Gasteiger partial charge in [-0.05, 0) is 25.5 Å². The van der Waals surface area contributed by atoms with E-state index in [1.54, 1.807) is 12.1 Å². The summed E-state index contributed by atoms with van der Waals surface area (Å²) in [6, 6.07) is 7.21. The fourth-order valence-corrected chi connectivity index (χ4v) is 2.45. The number of nitrogens with zero attached hydrogens (tertiary/aromatic N) is 1. The van der Waals surface area contributed by atoms with Gasteiger partial charge < -0.3 is 15.4 Å². The number of hydrogen-bond donors (Lipinski definition) is 3. The minimum Gasteiger partial charge on any atom is -0.380 e. The van der Waals surface area contributed by atoms with E-state index in [2.05, 4.69) is 20.3 Å². The number of ether oxygens (including phenoxy) is 1. The van der Waals surface area contributed by atoms with Gasteiger partial charge in [-0.2, -0.15) is 0 Å². The summed E-state index contributed by atoms with van der Waals surface area (Å²) in [6.07, 6.45) is 1.13. The molecular weight excluding hydrogens is 443 g/mol. The van der Waals surface area contributed by atoms with Crippen LogP contribution >= 0.6 is 24.0 Å². The van der Waals surface area contributed by atoms with Crippen LogP contribution in [0.5, 0.6) is 0 Å². The van der Waals surface area contributed by atoms with Gasteiger partial charge in [0.2, 0.25) is 10.0 Å². The van der Waals surface area contributed by atoms with Gasteiger partial charge >= 0.3 is 0 Å². The van der Waals surface area contributed by atoms with E-state index >= 15 is 0 Å². The largest absolute Gasteiger partial charge is 0.380 e. The molecular formula is C15H27IN4O3S. The third-order valence-corrected chi connectivity index (χ3v) is 3.40. The fraction of sp³-hybridized carbons (Fsp3) is 0.533. The first-order valence-corrected chi connectivity index (χ1v) is 9.51. The molecule has 7 nitrogen and oxygen atoms in total. The minimum atomic E-state index is -3.32. The topological polar surface area (TPSA) is 91.8 Å². The van der Waals surface area contributed by atoms with Crippen molar-refractivity contribution in [2.75, 3.05) is 37.3 Å². The van der Waals surface area contributed by atoms with Crippen molar-refractivity contribution in [2.24, 2.45) is 4.99 Å². The molecule has 0 aliphatic heterocycles. The molecule has 0 spiro atoms. The van der Waals surface area contributed by atoms with E-state index in [1.807, 2.05) is 26.0 Å². The normalized spacial score (nSPS) is 11.5. The van der Waals surface area contributed by atoms with Gasteiger partial charge in [0.1, 0.15) is 0 Å². The molecule has 24 heavy (non-hydrogen) atoms. The molecule has 0 amide bonds. The van der Waals surface area contributed by atoms with Crippen molar-refractivity contribution >= 4 is 45.6 Å². The SMILES string of the molecule is CCNC(=NCc1ccccc1NS(C)(=O)=O)NCCOCC.I. The maximum absolute atomic E-state index is 11.4. The first-order chi connectivity index (χ1) is 11.0. The van der Waals surface area contributed by atoms with Gasteiger partial charge in [-0.25, -0.2) is 13.4 Å². The van der Waals surface area contributed by atoms with Crippen LogP contribution in [-0.2, 0) is 21.3 Å². The Bertz CT molecular complexity index is 608. The summed E-state index contributed by atoms with van der Waals surface area (Å²) in [5, 5.41) is 6.31. The molecule has 1 rings (SSSR count). The molecule has 0 saturated carbocycles. The number of para-hydroxylation sites is 1. The number of rotatable bonds is 9. The van der Waals surface area contributed by atoms with Crippen LogP contribution in [0.25, 0.3) is 0 Å². The standard InChI is InChI=1S/C15H26N4O3S.HI/c1-4-16-15(17-10-11-22-5-2)18-12-13-8-6-7-9-14(13)19-23(3,20)21;/h6-9,19H,4-5,10-12H2,1-3H3,(H2,16,17,18);1H. The molecule has 0 aromatic heterocycles. The summed E-state index contributed by atoms with van der Waals surface area (Å²) in [7, 11) is -3.32. The van der Waals surface area contributed by atoms with Crippen molar-refractivity contribution in [3.8, 4) is 0 Å². The Morgan fingerprint density at radius 1 is 1.21 bits per heavy atom. The second kappa shape index (κ2) is 12.3. The second-order valence-corrected chi connectivity index (χ2v) is 6.60. The van der Waals surface area contributed by atoms with Gasteiger partial charge in [0, 0.05) is 19.7 Å². The Morgan fingerprint density at radius 3 is 2.54 bits per heavy atom. The lowest BCUT2D eigenvalue weighted by Gasteiger charge is -2.12. The van der Waals surface area contributed by atoms with E-state index < -0.39 is 10.0 Å². The van der Waals surface area contributed by atoms with E-state index in [9.17, 15) is 8.42 Å². The van der Waals surface area contributed by atoms with Gasteiger partial charge in [-0.3, -0.25) is 4.72 Å². The van der Waals surface area contributed by atoms with Crippen LogP contribution in [0.2, 0.25) is 0 Å². The Hall–Kier alpha value is -1.07. The second-order valence-electron chi connectivity index (χ2n) is 4.85. The maximum atomic E-state index is 11.4. The van der Waals surface area contributed by atoms with Crippen molar-refractivity contribution in [1.29, 1.82) is 0 Å². The molecule has 0 bridgehead atoms. The Balaban J connectivity index is 0.00000529. The van der Waals surface area contributed by atoms with E-state index in [0.717, 1.165) is 18.4 Å². The first kappa shape index (κ1) is 22.9. The number of nitrogens with one attached hydrogen (secondary N) is 3. The summed E-state index contributed by atoms with van der Waals surface area (Å²) in [4.78, 5) is 4.48. The molecule has 0 radical (unpaired) electrons. The fourth-order valence-electron chi connectivity index (χ4n) is 1.85. The van der Waals surface area contributed by atoms with Crippen LogP contribution in [0, 0.1) is 0 Å². The summed E-state index contributed by atoms with van der Waals surface area (Å²) < 4.78 is 30.6. The first-order valence-electron chi connectivity index (χ1n) is 7.62.